The van der Waals surface area contributed by atoms with Gasteiger partial charge in [-0.15, -0.1) is 0 Å². The Labute approximate surface area is 514 Å². The molecule has 3 saturated carbocycles. The molecule has 0 aromatic heterocycles. The van der Waals surface area contributed by atoms with E-state index in [1.807, 2.05) is 104 Å². The molecule has 3 aliphatic rings. The van der Waals surface area contributed by atoms with Crippen molar-refractivity contribution in [3.05, 3.63) is 239 Å². The Balaban J connectivity index is 0.000000149. The molecule has 0 radical (unpaired) electrons. The summed E-state index contributed by atoms with van der Waals surface area (Å²) in [7, 11) is 8.23. The molecule has 8 heteroatoms. The molecule has 0 heterocycles. The molecule has 8 nitrogen and oxygen atoms in total. The topological polar surface area (TPSA) is 108 Å². The second-order valence-corrected chi connectivity index (χ2v) is 24.6. The van der Waals surface area contributed by atoms with E-state index in [-0.39, 0.29) is 0 Å². The van der Waals surface area contributed by atoms with Crippen LogP contribution in [0, 0.1) is 50.7 Å². The van der Waals surface area contributed by atoms with Crippen LogP contribution >= 0.6 is 0 Å². The third kappa shape index (κ3) is 17.3. The predicted molar refractivity (Wildman–Crippen MR) is 359 cm³/mol. The van der Waals surface area contributed by atoms with Gasteiger partial charge in [0, 0.05) is 73.7 Å². The van der Waals surface area contributed by atoms with Crippen molar-refractivity contribution in [2.75, 3.05) is 47.8 Å². The zero-order valence-corrected chi connectivity index (χ0v) is 52.1. The SMILES string of the molecule is CC(C)c1ccc(N(C)c2ccc(C#N)cc2)cc1.CN(c1ccc(C#N)cc1)c1ccc(C2CCC(C)(C)CC2)cc1.CN(c1ccc(C#N)cc1)c1ccc(C2CCCC2)cc1.CN(c1ccc(C#N)cc1)c1ccc(C2CCCCC2)cc1. The molecule has 438 valence electrons. The summed E-state index contributed by atoms with van der Waals surface area (Å²) in [6, 6.07) is 74.9. The minimum Gasteiger partial charge on any atom is -0.345 e. The minimum absolute atomic E-state index is 0.520. The van der Waals surface area contributed by atoms with Crippen molar-refractivity contribution in [2.24, 2.45) is 5.41 Å². The van der Waals surface area contributed by atoms with Crippen molar-refractivity contribution in [1.29, 1.82) is 21.0 Å². The molecule has 3 fully saturated rings. The molecule has 0 spiro atoms. The van der Waals surface area contributed by atoms with Crippen LogP contribution in [0.5, 0.6) is 0 Å². The van der Waals surface area contributed by atoms with Gasteiger partial charge in [-0.1, -0.05) is 108 Å². The van der Waals surface area contributed by atoms with E-state index in [4.69, 9.17) is 21.0 Å². The van der Waals surface area contributed by atoms with E-state index in [0.29, 0.717) is 39.5 Å². The highest BCUT2D eigenvalue weighted by Crippen LogP contribution is 2.43. The van der Waals surface area contributed by atoms with Crippen molar-refractivity contribution < 1.29 is 0 Å². The summed E-state index contributed by atoms with van der Waals surface area (Å²) in [5.74, 6) is 2.78. The van der Waals surface area contributed by atoms with Crippen molar-refractivity contribution in [3.8, 4) is 24.3 Å². The van der Waals surface area contributed by atoms with Gasteiger partial charge < -0.3 is 19.6 Å². The standard InChI is InChI=1S/C22H26N2.C20H22N2.C19H20N2.C17H18N2/c1-22(2)14-12-19(13-15-22)18-6-10-21(11-7-18)24(3)20-8-4-17(16-23)5-9-20;1-22(19-11-7-16(15-21)8-12-19)20-13-9-18(10-14-20)17-5-3-2-4-6-17;1-21(18-10-6-15(14-20)7-11-18)19-12-8-17(9-13-19)16-4-2-3-5-16;1-13(2)15-6-10-17(11-7-15)19(3)16-8-4-14(12-18)5-9-16/h4-11,19H,12-15H2,1-3H3;7-14,17H,2-6H2,1H3;6-13,16H,2-5H2,1H3;4-11,13H,1-3H3. The summed E-state index contributed by atoms with van der Waals surface area (Å²) >= 11 is 0. The molecular weight excluding hydrogens is 1050 g/mol. The Hall–Kier alpha value is -9.08. The first kappa shape index (κ1) is 63.0. The first-order valence-electron chi connectivity index (χ1n) is 31.0. The first-order chi connectivity index (χ1) is 41.6. The van der Waals surface area contributed by atoms with Gasteiger partial charge in [0.15, 0.2) is 0 Å². The summed E-state index contributed by atoms with van der Waals surface area (Å²) in [6.07, 6.45) is 17.5. The molecule has 0 saturated heterocycles. The fourth-order valence-corrected chi connectivity index (χ4v) is 12.1. The maximum absolute atomic E-state index is 8.91. The second-order valence-electron chi connectivity index (χ2n) is 24.6. The van der Waals surface area contributed by atoms with E-state index < -0.39 is 0 Å². The molecular formula is C78H86N8. The van der Waals surface area contributed by atoms with Crippen LogP contribution in [0.4, 0.5) is 45.5 Å². The predicted octanol–water partition coefficient (Wildman–Crippen LogP) is 20.8. The lowest BCUT2D eigenvalue weighted by atomic mass is 9.71. The van der Waals surface area contributed by atoms with Crippen molar-refractivity contribution in [3.63, 3.8) is 0 Å². The summed E-state index contributed by atoms with van der Waals surface area (Å²) in [6.45, 7) is 9.16. The zero-order valence-electron chi connectivity index (χ0n) is 52.1. The fourth-order valence-electron chi connectivity index (χ4n) is 12.1. The van der Waals surface area contributed by atoms with Gasteiger partial charge in [0.25, 0.3) is 0 Å². The van der Waals surface area contributed by atoms with Crippen LogP contribution in [0.25, 0.3) is 0 Å². The monoisotopic (exact) mass is 1130 g/mol. The third-order valence-corrected chi connectivity index (χ3v) is 18.0. The normalized spacial score (nSPS) is 14.6. The van der Waals surface area contributed by atoms with Crippen LogP contribution in [-0.2, 0) is 0 Å². The number of hydrogen-bond acceptors (Lipinski definition) is 8. The lowest BCUT2D eigenvalue weighted by molar-refractivity contribution is 0.224. The van der Waals surface area contributed by atoms with E-state index in [9.17, 15) is 0 Å². The van der Waals surface area contributed by atoms with Gasteiger partial charge in [0.2, 0.25) is 0 Å². The average molecular weight is 1140 g/mol. The maximum Gasteiger partial charge on any atom is 0.0991 e. The molecule has 8 aromatic carbocycles. The van der Waals surface area contributed by atoms with E-state index in [1.54, 1.807) is 0 Å². The van der Waals surface area contributed by atoms with Crippen LogP contribution in [0.15, 0.2) is 194 Å². The maximum atomic E-state index is 8.91. The van der Waals surface area contributed by atoms with Crippen molar-refractivity contribution >= 4 is 45.5 Å². The quantitative estimate of drug-likeness (QED) is 0.119. The first-order valence-corrected chi connectivity index (χ1v) is 31.0. The van der Waals surface area contributed by atoms with Gasteiger partial charge >= 0.3 is 0 Å². The highest BCUT2D eigenvalue weighted by Gasteiger charge is 2.28. The largest absolute Gasteiger partial charge is 0.345 e. The molecule has 0 N–H and O–H groups in total. The van der Waals surface area contributed by atoms with Crippen molar-refractivity contribution in [1.82, 2.24) is 0 Å². The van der Waals surface area contributed by atoms with Gasteiger partial charge in [-0.05, 0) is 248 Å². The van der Waals surface area contributed by atoms with Crippen LogP contribution in [0.3, 0.4) is 0 Å². The van der Waals surface area contributed by atoms with Crippen LogP contribution in [0.1, 0.15) is 179 Å². The molecule has 11 rings (SSSR count). The van der Waals surface area contributed by atoms with Gasteiger partial charge in [0.05, 0.1) is 46.5 Å². The van der Waals surface area contributed by atoms with E-state index in [1.165, 1.54) is 123 Å². The number of nitrogens with zero attached hydrogens (tertiary/aromatic N) is 8. The molecule has 0 atom stereocenters. The van der Waals surface area contributed by atoms with Crippen LogP contribution < -0.4 is 19.6 Å². The molecule has 0 amide bonds. The number of hydrogen-bond donors (Lipinski definition) is 0. The average Bonchev–Trinajstić information content (AvgIpc) is 4.13. The van der Waals surface area contributed by atoms with Gasteiger partial charge in [0.1, 0.15) is 0 Å². The van der Waals surface area contributed by atoms with Crippen molar-refractivity contribution in [2.45, 2.75) is 135 Å². The lowest BCUT2D eigenvalue weighted by Crippen LogP contribution is -2.20. The molecule has 0 bridgehead atoms. The molecule has 8 aromatic rings. The third-order valence-electron chi connectivity index (χ3n) is 18.0. The molecule has 0 aliphatic heterocycles. The Bertz CT molecular complexity index is 3520. The molecule has 86 heavy (non-hydrogen) atoms. The minimum atomic E-state index is 0.520. The smallest absolute Gasteiger partial charge is 0.0991 e. The van der Waals surface area contributed by atoms with Crippen LogP contribution in [0.2, 0.25) is 0 Å². The second kappa shape index (κ2) is 30.6. The Kier molecular flexibility index (Phi) is 22.4. The van der Waals surface area contributed by atoms with E-state index in [2.05, 4.69) is 190 Å². The number of benzene rings is 8. The lowest BCUT2D eigenvalue weighted by Gasteiger charge is -2.34. The number of rotatable bonds is 12. The van der Waals surface area contributed by atoms with Gasteiger partial charge in [-0.25, -0.2) is 0 Å². The number of anilines is 8. The summed E-state index contributed by atoms with van der Waals surface area (Å²) in [4.78, 5) is 8.59. The number of nitriles is 4. The summed E-state index contributed by atoms with van der Waals surface area (Å²) < 4.78 is 0. The van der Waals surface area contributed by atoms with Crippen LogP contribution in [-0.4, -0.2) is 28.2 Å². The highest BCUT2D eigenvalue weighted by atomic mass is 15.1. The summed E-state index contributed by atoms with van der Waals surface area (Å²) in [5.41, 5.74) is 18.2. The van der Waals surface area contributed by atoms with E-state index >= 15 is 0 Å². The Morgan fingerprint density at radius 2 is 0.523 bits per heavy atom. The Morgan fingerprint density at radius 3 is 0.756 bits per heavy atom. The highest BCUT2D eigenvalue weighted by molar-refractivity contribution is 5.67. The zero-order chi connectivity index (χ0) is 61.0. The van der Waals surface area contributed by atoms with E-state index in [0.717, 1.165) is 40.3 Å². The molecule has 0 unspecified atom stereocenters. The summed E-state index contributed by atoms with van der Waals surface area (Å²) in [5, 5.41) is 35.4. The Morgan fingerprint density at radius 1 is 0.314 bits per heavy atom. The fraction of sp³-hybridized carbons (Fsp3) is 0.333. The van der Waals surface area contributed by atoms with Gasteiger partial charge in [-0.3, -0.25) is 0 Å². The molecule has 3 aliphatic carbocycles. The van der Waals surface area contributed by atoms with Gasteiger partial charge in [-0.2, -0.15) is 21.0 Å².